The highest BCUT2D eigenvalue weighted by Gasteiger charge is 2.20. The highest BCUT2D eigenvalue weighted by molar-refractivity contribution is 5.74. The van der Waals surface area contributed by atoms with E-state index in [4.69, 9.17) is 4.74 Å². The van der Waals surface area contributed by atoms with Gasteiger partial charge in [-0.25, -0.2) is 9.59 Å². The van der Waals surface area contributed by atoms with Gasteiger partial charge in [0.25, 0.3) is 0 Å². The van der Waals surface area contributed by atoms with E-state index in [1.807, 2.05) is 13.8 Å². The van der Waals surface area contributed by atoms with Crippen LogP contribution in [0.5, 0.6) is 0 Å². The molecule has 86 valence electrons. The summed E-state index contributed by atoms with van der Waals surface area (Å²) >= 11 is 0. The van der Waals surface area contributed by atoms with Crippen molar-refractivity contribution >= 4 is 12.1 Å². The number of nitrogens with one attached hydrogen (secondary N) is 2. The maximum atomic E-state index is 11.2. The van der Waals surface area contributed by atoms with Gasteiger partial charge in [-0.3, -0.25) is 0 Å². The second-order valence-corrected chi connectivity index (χ2v) is 3.66. The maximum Gasteiger partial charge on any atom is 0.409 e. The molecule has 1 aliphatic heterocycles. The number of urea groups is 1. The molecule has 0 radical (unpaired) electrons. The summed E-state index contributed by atoms with van der Waals surface area (Å²) in [5.41, 5.74) is 0. The van der Waals surface area contributed by atoms with E-state index in [1.165, 1.54) is 0 Å². The Morgan fingerprint density at radius 2 is 2.33 bits per heavy atom. The van der Waals surface area contributed by atoms with Crippen LogP contribution in [0.2, 0.25) is 0 Å². The van der Waals surface area contributed by atoms with Gasteiger partial charge < -0.3 is 20.3 Å². The summed E-state index contributed by atoms with van der Waals surface area (Å²) in [4.78, 5) is 23.7. The monoisotopic (exact) mass is 215 g/mol. The van der Waals surface area contributed by atoms with E-state index in [-0.39, 0.29) is 18.2 Å². The molecule has 6 nitrogen and oxygen atoms in total. The number of carbonyl (C=O) groups is 2. The molecule has 1 fully saturated rings. The van der Waals surface area contributed by atoms with Crippen LogP contribution in [-0.2, 0) is 4.74 Å². The van der Waals surface area contributed by atoms with Gasteiger partial charge in [0, 0.05) is 19.1 Å². The molecule has 0 unspecified atom stereocenters. The summed E-state index contributed by atoms with van der Waals surface area (Å²) in [6.07, 6.45) is -0.305. The molecule has 0 aromatic carbocycles. The normalized spacial score (nSPS) is 15.4. The van der Waals surface area contributed by atoms with Crippen molar-refractivity contribution in [3.05, 3.63) is 0 Å². The lowest BCUT2D eigenvalue weighted by molar-refractivity contribution is 0.158. The van der Waals surface area contributed by atoms with Gasteiger partial charge in [0.15, 0.2) is 0 Å². The van der Waals surface area contributed by atoms with Gasteiger partial charge in [0.2, 0.25) is 0 Å². The van der Waals surface area contributed by atoms with E-state index in [0.29, 0.717) is 26.2 Å². The van der Waals surface area contributed by atoms with Gasteiger partial charge in [0.1, 0.15) is 6.61 Å². The average molecular weight is 215 g/mol. The van der Waals surface area contributed by atoms with Gasteiger partial charge in [-0.1, -0.05) is 0 Å². The second-order valence-electron chi connectivity index (χ2n) is 3.66. The minimum Gasteiger partial charge on any atom is -0.448 e. The molecule has 0 bridgehead atoms. The highest BCUT2D eigenvalue weighted by atomic mass is 16.6. The number of rotatable bonds is 4. The van der Waals surface area contributed by atoms with Crippen LogP contribution >= 0.6 is 0 Å². The first-order valence-corrected chi connectivity index (χ1v) is 5.05. The van der Waals surface area contributed by atoms with Gasteiger partial charge in [-0.15, -0.1) is 0 Å². The summed E-state index contributed by atoms with van der Waals surface area (Å²) < 4.78 is 4.75. The Morgan fingerprint density at radius 1 is 1.60 bits per heavy atom. The average Bonchev–Trinajstić information content (AvgIpc) is 2.50. The van der Waals surface area contributed by atoms with Crippen LogP contribution in [0.15, 0.2) is 0 Å². The number of ether oxygens (including phenoxy) is 1. The molecule has 0 aromatic rings. The summed E-state index contributed by atoms with van der Waals surface area (Å²) in [5.74, 6) is 0. The fourth-order valence-electron chi connectivity index (χ4n) is 1.25. The van der Waals surface area contributed by atoms with Crippen molar-refractivity contribution in [2.24, 2.45) is 0 Å². The summed E-state index contributed by atoms with van der Waals surface area (Å²) in [6.45, 7) is 5.75. The zero-order valence-electron chi connectivity index (χ0n) is 9.08. The van der Waals surface area contributed by atoms with Crippen LogP contribution < -0.4 is 10.6 Å². The third-order valence-electron chi connectivity index (χ3n) is 1.93. The van der Waals surface area contributed by atoms with Crippen molar-refractivity contribution in [2.45, 2.75) is 19.9 Å². The molecule has 3 amide bonds. The maximum absolute atomic E-state index is 11.2. The van der Waals surface area contributed by atoms with Crippen molar-refractivity contribution in [2.75, 3.05) is 26.2 Å². The molecular weight excluding hydrogens is 198 g/mol. The van der Waals surface area contributed by atoms with Crippen molar-refractivity contribution in [3.8, 4) is 0 Å². The highest BCUT2D eigenvalue weighted by Crippen LogP contribution is 2.00. The standard InChI is InChI=1S/C9H17N3O3/c1-7(2)11-8(13)10-3-4-12-5-6-15-9(12)14/h7H,3-6H2,1-2H3,(H2,10,11,13). The van der Waals surface area contributed by atoms with E-state index >= 15 is 0 Å². The van der Waals surface area contributed by atoms with E-state index in [2.05, 4.69) is 10.6 Å². The van der Waals surface area contributed by atoms with Gasteiger partial charge in [0.05, 0.1) is 6.54 Å². The minimum atomic E-state index is -0.305. The summed E-state index contributed by atoms with van der Waals surface area (Å²) in [6, 6.07) is -0.0979. The molecule has 0 aromatic heterocycles. The quantitative estimate of drug-likeness (QED) is 0.701. The van der Waals surface area contributed by atoms with Gasteiger partial charge >= 0.3 is 12.1 Å². The van der Waals surface area contributed by atoms with E-state index in [1.54, 1.807) is 4.90 Å². The van der Waals surface area contributed by atoms with Crippen LogP contribution in [0.3, 0.4) is 0 Å². The zero-order valence-corrected chi connectivity index (χ0v) is 9.08. The lowest BCUT2D eigenvalue weighted by Gasteiger charge is -2.14. The Labute approximate surface area is 88.9 Å². The lowest BCUT2D eigenvalue weighted by atomic mass is 10.4. The topological polar surface area (TPSA) is 70.7 Å². The Balaban J connectivity index is 2.10. The largest absolute Gasteiger partial charge is 0.448 e. The van der Waals surface area contributed by atoms with Crippen molar-refractivity contribution in [1.29, 1.82) is 0 Å². The van der Waals surface area contributed by atoms with E-state index in [9.17, 15) is 9.59 Å². The van der Waals surface area contributed by atoms with Crippen LogP contribution in [0.1, 0.15) is 13.8 Å². The molecular formula is C9H17N3O3. The molecule has 1 saturated heterocycles. The smallest absolute Gasteiger partial charge is 0.409 e. The molecule has 0 saturated carbocycles. The molecule has 0 atom stereocenters. The second kappa shape index (κ2) is 5.43. The van der Waals surface area contributed by atoms with E-state index in [0.717, 1.165) is 0 Å². The fourth-order valence-corrected chi connectivity index (χ4v) is 1.25. The molecule has 2 N–H and O–H groups in total. The van der Waals surface area contributed by atoms with Crippen LogP contribution in [0.4, 0.5) is 9.59 Å². The minimum absolute atomic E-state index is 0.113. The lowest BCUT2D eigenvalue weighted by Crippen LogP contribution is -2.43. The summed E-state index contributed by atoms with van der Waals surface area (Å²) in [7, 11) is 0. The third kappa shape index (κ3) is 4.05. The molecule has 1 heterocycles. The van der Waals surface area contributed by atoms with Crippen molar-refractivity contribution < 1.29 is 14.3 Å². The Kier molecular flexibility index (Phi) is 4.20. The number of amides is 3. The molecule has 1 aliphatic rings. The molecule has 15 heavy (non-hydrogen) atoms. The van der Waals surface area contributed by atoms with Gasteiger partial charge in [-0.2, -0.15) is 0 Å². The fraction of sp³-hybridized carbons (Fsp3) is 0.778. The first-order chi connectivity index (χ1) is 7.09. The number of hydrogen-bond donors (Lipinski definition) is 2. The predicted molar refractivity (Wildman–Crippen MR) is 54.6 cm³/mol. The number of nitrogens with zero attached hydrogens (tertiary/aromatic N) is 1. The third-order valence-corrected chi connectivity index (χ3v) is 1.93. The Bertz CT molecular complexity index is 243. The first kappa shape index (κ1) is 11.6. The Hall–Kier alpha value is -1.46. The number of cyclic esters (lactones) is 1. The predicted octanol–water partition coefficient (Wildman–Crippen LogP) is 0.146. The number of carbonyl (C=O) groups excluding carboxylic acids is 2. The van der Waals surface area contributed by atoms with E-state index < -0.39 is 0 Å². The Morgan fingerprint density at radius 3 is 2.87 bits per heavy atom. The molecule has 0 spiro atoms. The van der Waals surface area contributed by atoms with Gasteiger partial charge in [-0.05, 0) is 13.8 Å². The van der Waals surface area contributed by atoms with Crippen LogP contribution in [0.25, 0.3) is 0 Å². The molecule has 0 aliphatic carbocycles. The first-order valence-electron chi connectivity index (χ1n) is 5.05. The summed E-state index contributed by atoms with van der Waals surface area (Å²) in [5, 5.41) is 5.36. The molecule has 1 rings (SSSR count). The zero-order chi connectivity index (χ0) is 11.3. The van der Waals surface area contributed by atoms with Crippen LogP contribution in [-0.4, -0.2) is 49.3 Å². The number of hydrogen-bond acceptors (Lipinski definition) is 3. The van der Waals surface area contributed by atoms with Crippen LogP contribution in [0, 0.1) is 0 Å². The molecule has 6 heteroatoms. The van der Waals surface area contributed by atoms with Crippen molar-refractivity contribution in [1.82, 2.24) is 15.5 Å². The SMILES string of the molecule is CC(C)NC(=O)NCCN1CCOC1=O. The van der Waals surface area contributed by atoms with Crippen molar-refractivity contribution in [3.63, 3.8) is 0 Å².